The first kappa shape index (κ1) is 11.3. The van der Waals surface area contributed by atoms with E-state index in [0.29, 0.717) is 24.2 Å². The molecule has 0 radical (unpaired) electrons. The lowest BCUT2D eigenvalue weighted by Crippen LogP contribution is -2.22. The molecule has 1 fully saturated rings. The van der Waals surface area contributed by atoms with Crippen molar-refractivity contribution in [2.24, 2.45) is 5.73 Å². The molecule has 1 aromatic carbocycles. The van der Waals surface area contributed by atoms with Crippen LogP contribution in [0.15, 0.2) is 12.1 Å². The van der Waals surface area contributed by atoms with Gasteiger partial charge in [-0.15, -0.1) is 0 Å². The Labute approximate surface area is 93.4 Å². The van der Waals surface area contributed by atoms with Gasteiger partial charge >= 0.3 is 0 Å². The molecule has 2 nitrogen and oxygen atoms in total. The Morgan fingerprint density at radius 1 is 1.38 bits per heavy atom. The molecule has 1 saturated carbocycles. The molecular weight excluding hydrogens is 212 g/mol. The van der Waals surface area contributed by atoms with Crippen molar-refractivity contribution in [2.45, 2.75) is 31.2 Å². The number of ether oxygens (including phenoxy) is 1. The van der Waals surface area contributed by atoms with Gasteiger partial charge < -0.3 is 10.5 Å². The fraction of sp³-hybridized carbons (Fsp3) is 0.500. The Balaban J connectivity index is 2.15. The Bertz CT molecular complexity index is 402. The molecule has 0 bridgehead atoms. The van der Waals surface area contributed by atoms with Crippen molar-refractivity contribution in [1.82, 2.24) is 0 Å². The van der Waals surface area contributed by atoms with Crippen molar-refractivity contribution in [1.29, 1.82) is 0 Å². The summed E-state index contributed by atoms with van der Waals surface area (Å²) in [6, 6.07) is 2.58. The molecule has 0 aliphatic heterocycles. The van der Waals surface area contributed by atoms with Crippen molar-refractivity contribution in [2.75, 3.05) is 7.11 Å². The van der Waals surface area contributed by atoms with Crippen molar-refractivity contribution in [3.05, 3.63) is 29.3 Å². The molecule has 2 N–H and O–H groups in total. The highest BCUT2D eigenvalue weighted by atomic mass is 19.2. The molecule has 1 aliphatic rings. The third-order valence-corrected chi connectivity index (χ3v) is 3.10. The number of nitrogens with two attached hydrogens (primary N) is 1. The van der Waals surface area contributed by atoms with Crippen LogP contribution in [0.4, 0.5) is 8.78 Å². The van der Waals surface area contributed by atoms with Crippen molar-refractivity contribution in [3.8, 4) is 5.75 Å². The molecule has 0 atom stereocenters. The zero-order valence-electron chi connectivity index (χ0n) is 9.22. The fourth-order valence-corrected chi connectivity index (χ4v) is 1.71. The Kier molecular flexibility index (Phi) is 2.84. The van der Waals surface area contributed by atoms with Gasteiger partial charge in [-0.3, -0.25) is 0 Å². The van der Waals surface area contributed by atoms with Crippen LogP contribution >= 0.6 is 0 Å². The smallest absolute Gasteiger partial charge is 0.162 e. The van der Waals surface area contributed by atoms with Gasteiger partial charge in [0.15, 0.2) is 11.6 Å². The first-order valence-electron chi connectivity index (χ1n) is 5.35. The van der Waals surface area contributed by atoms with Gasteiger partial charge in [-0.1, -0.05) is 0 Å². The highest BCUT2D eigenvalue weighted by Crippen LogP contribution is 2.37. The topological polar surface area (TPSA) is 35.2 Å². The van der Waals surface area contributed by atoms with E-state index in [9.17, 15) is 8.78 Å². The van der Waals surface area contributed by atoms with Gasteiger partial charge in [-0.2, -0.15) is 0 Å². The average molecular weight is 227 g/mol. The number of aryl methyl sites for hydroxylation is 1. The van der Waals surface area contributed by atoms with E-state index in [-0.39, 0.29) is 5.54 Å². The fourth-order valence-electron chi connectivity index (χ4n) is 1.71. The summed E-state index contributed by atoms with van der Waals surface area (Å²) >= 11 is 0. The summed E-state index contributed by atoms with van der Waals surface area (Å²) in [6.07, 6.45) is 3.09. The number of methoxy groups -OCH3 is 1. The van der Waals surface area contributed by atoms with E-state index in [1.165, 1.54) is 13.2 Å². The predicted molar refractivity (Wildman–Crippen MR) is 57.4 cm³/mol. The van der Waals surface area contributed by atoms with Gasteiger partial charge in [0.2, 0.25) is 0 Å². The lowest BCUT2D eigenvalue weighted by molar-refractivity contribution is 0.403. The monoisotopic (exact) mass is 227 g/mol. The van der Waals surface area contributed by atoms with E-state index in [1.807, 2.05) is 0 Å². The van der Waals surface area contributed by atoms with Crippen LogP contribution in [0.5, 0.6) is 5.75 Å². The van der Waals surface area contributed by atoms with Crippen LogP contribution in [0, 0.1) is 11.6 Å². The number of rotatable bonds is 4. The summed E-state index contributed by atoms with van der Waals surface area (Å²) in [7, 11) is 1.43. The van der Waals surface area contributed by atoms with E-state index in [4.69, 9.17) is 10.5 Å². The lowest BCUT2D eigenvalue weighted by atomic mass is 10.0. The van der Waals surface area contributed by atoms with Gasteiger partial charge in [0, 0.05) is 11.6 Å². The summed E-state index contributed by atoms with van der Waals surface area (Å²) in [4.78, 5) is 0. The maximum absolute atomic E-state index is 13.4. The van der Waals surface area contributed by atoms with Crippen LogP contribution in [-0.4, -0.2) is 12.6 Å². The van der Waals surface area contributed by atoms with Crippen molar-refractivity contribution in [3.63, 3.8) is 0 Å². The third-order valence-electron chi connectivity index (χ3n) is 3.10. The van der Waals surface area contributed by atoms with E-state index in [1.54, 1.807) is 0 Å². The maximum Gasteiger partial charge on any atom is 0.162 e. The molecule has 2 rings (SSSR count). The normalized spacial score (nSPS) is 17.2. The molecule has 0 spiro atoms. The number of benzene rings is 1. The first-order chi connectivity index (χ1) is 7.54. The summed E-state index contributed by atoms with van der Waals surface area (Å²) in [6.45, 7) is 0. The lowest BCUT2D eigenvalue weighted by Gasteiger charge is -2.10. The standard InChI is InChI=1S/C12H15F2NO/c1-16-9-6-8(11(14)10(13)7-9)2-3-12(15)4-5-12/h6-7H,2-5,15H2,1H3. The zero-order valence-corrected chi connectivity index (χ0v) is 9.22. The molecule has 0 unspecified atom stereocenters. The van der Waals surface area contributed by atoms with E-state index in [2.05, 4.69) is 0 Å². The summed E-state index contributed by atoms with van der Waals surface area (Å²) in [5.41, 5.74) is 6.10. The first-order valence-corrected chi connectivity index (χ1v) is 5.35. The largest absolute Gasteiger partial charge is 0.497 e. The molecule has 16 heavy (non-hydrogen) atoms. The summed E-state index contributed by atoms with van der Waals surface area (Å²) in [5, 5.41) is 0. The van der Waals surface area contributed by atoms with Crippen LogP contribution < -0.4 is 10.5 Å². The molecule has 1 aromatic rings. The minimum Gasteiger partial charge on any atom is -0.497 e. The second-order valence-corrected chi connectivity index (χ2v) is 4.44. The highest BCUT2D eigenvalue weighted by Gasteiger charge is 2.37. The summed E-state index contributed by atoms with van der Waals surface area (Å²) in [5.74, 6) is -1.31. The molecule has 0 saturated heterocycles. The van der Waals surface area contributed by atoms with E-state index >= 15 is 0 Å². The van der Waals surface area contributed by atoms with Crippen LogP contribution in [0.2, 0.25) is 0 Å². The average Bonchev–Trinajstić information content (AvgIpc) is 2.99. The molecular formula is C12H15F2NO. The van der Waals surface area contributed by atoms with Crippen LogP contribution in [-0.2, 0) is 6.42 Å². The number of halogens is 2. The molecule has 1 aliphatic carbocycles. The van der Waals surface area contributed by atoms with Gasteiger partial charge in [0.25, 0.3) is 0 Å². The van der Waals surface area contributed by atoms with Crippen LogP contribution in [0.25, 0.3) is 0 Å². The van der Waals surface area contributed by atoms with Crippen molar-refractivity contribution < 1.29 is 13.5 Å². The second-order valence-electron chi connectivity index (χ2n) is 4.44. The SMILES string of the molecule is COc1cc(F)c(F)c(CCC2(N)CC2)c1. The quantitative estimate of drug-likeness (QED) is 0.857. The van der Waals surface area contributed by atoms with Gasteiger partial charge in [-0.25, -0.2) is 8.78 Å². The minimum absolute atomic E-state index is 0.147. The Hall–Kier alpha value is -1.16. The second kappa shape index (κ2) is 4.01. The summed E-state index contributed by atoms with van der Waals surface area (Å²) < 4.78 is 31.5. The molecule has 0 heterocycles. The van der Waals surface area contributed by atoms with Crippen LogP contribution in [0.3, 0.4) is 0 Å². The third kappa shape index (κ3) is 2.32. The Morgan fingerprint density at radius 3 is 2.62 bits per heavy atom. The minimum atomic E-state index is -0.865. The number of hydrogen-bond donors (Lipinski definition) is 1. The van der Waals surface area contributed by atoms with Gasteiger partial charge in [0.05, 0.1) is 7.11 Å². The van der Waals surface area contributed by atoms with E-state index < -0.39 is 11.6 Å². The molecule has 4 heteroatoms. The van der Waals surface area contributed by atoms with Crippen LogP contribution in [0.1, 0.15) is 24.8 Å². The van der Waals surface area contributed by atoms with Crippen molar-refractivity contribution >= 4 is 0 Å². The highest BCUT2D eigenvalue weighted by molar-refractivity contribution is 5.31. The number of hydrogen-bond acceptors (Lipinski definition) is 2. The zero-order chi connectivity index (χ0) is 11.8. The van der Waals surface area contributed by atoms with Gasteiger partial charge in [-0.05, 0) is 37.3 Å². The van der Waals surface area contributed by atoms with Gasteiger partial charge in [0.1, 0.15) is 5.75 Å². The molecule has 0 amide bonds. The molecule has 88 valence electrons. The maximum atomic E-state index is 13.4. The van der Waals surface area contributed by atoms with E-state index in [0.717, 1.165) is 18.9 Å². The Morgan fingerprint density at radius 2 is 2.06 bits per heavy atom. The predicted octanol–water partition coefficient (Wildman–Crippen LogP) is 2.40. The molecule has 0 aromatic heterocycles.